The molecule has 19 heavy (non-hydrogen) atoms. The number of likely N-dealkylation sites (tertiary alicyclic amines) is 1. The first-order chi connectivity index (χ1) is 9.08. The van der Waals surface area contributed by atoms with Gasteiger partial charge in [0, 0.05) is 18.6 Å². The summed E-state index contributed by atoms with van der Waals surface area (Å²) in [6, 6.07) is 8.45. The Kier molecular flexibility index (Phi) is 4.59. The van der Waals surface area contributed by atoms with Crippen molar-refractivity contribution in [3.8, 4) is 0 Å². The second-order valence-electron chi connectivity index (χ2n) is 5.68. The number of hydrogen-bond acceptors (Lipinski definition) is 2. The highest BCUT2D eigenvalue weighted by molar-refractivity contribution is 5.79. The van der Waals surface area contributed by atoms with Gasteiger partial charge in [0.2, 0.25) is 5.91 Å². The van der Waals surface area contributed by atoms with E-state index in [0.717, 1.165) is 24.9 Å². The van der Waals surface area contributed by atoms with Gasteiger partial charge in [-0.1, -0.05) is 29.8 Å². The maximum atomic E-state index is 12.5. The van der Waals surface area contributed by atoms with Crippen LogP contribution in [0.2, 0.25) is 0 Å². The quantitative estimate of drug-likeness (QED) is 0.906. The zero-order valence-corrected chi connectivity index (χ0v) is 11.9. The predicted octanol–water partition coefficient (Wildman–Crippen LogP) is 2.27. The molecule has 1 aliphatic rings. The number of carbonyl (C=O) groups excluding carboxylic acids is 1. The molecule has 2 atom stereocenters. The van der Waals surface area contributed by atoms with Crippen LogP contribution in [-0.2, 0) is 11.2 Å². The lowest BCUT2D eigenvalue weighted by Crippen LogP contribution is -2.52. The molecule has 0 spiro atoms. The number of benzene rings is 1. The lowest BCUT2D eigenvalue weighted by Gasteiger charge is -2.38. The van der Waals surface area contributed by atoms with Crippen LogP contribution in [0.25, 0.3) is 0 Å². The second-order valence-corrected chi connectivity index (χ2v) is 5.68. The van der Waals surface area contributed by atoms with E-state index in [1.165, 1.54) is 12.0 Å². The van der Waals surface area contributed by atoms with Gasteiger partial charge in [-0.2, -0.15) is 0 Å². The number of hydrogen-bond donors (Lipinski definition) is 1. The minimum atomic E-state index is 0.0572. The Morgan fingerprint density at radius 3 is 2.95 bits per heavy atom. The van der Waals surface area contributed by atoms with Crippen LogP contribution in [0.5, 0.6) is 0 Å². The van der Waals surface area contributed by atoms with E-state index in [2.05, 4.69) is 19.1 Å². The Labute approximate surface area is 115 Å². The van der Waals surface area contributed by atoms with Crippen LogP contribution in [0.4, 0.5) is 0 Å². The molecule has 1 aromatic rings. The smallest absolute Gasteiger partial charge is 0.227 e. The molecule has 1 aliphatic heterocycles. The number of nitrogens with zero attached hydrogens (tertiary/aromatic N) is 1. The zero-order valence-electron chi connectivity index (χ0n) is 11.9. The minimum absolute atomic E-state index is 0.0572. The van der Waals surface area contributed by atoms with Crippen LogP contribution >= 0.6 is 0 Å². The van der Waals surface area contributed by atoms with Crippen molar-refractivity contribution in [2.75, 3.05) is 6.54 Å². The molecule has 0 saturated carbocycles. The third-order valence-electron chi connectivity index (χ3n) is 3.91. The zero-order chi connectivity index (χ0) is 13.8. The second kappa shape index (κ2) is 6.20. The Morgan fingerprint density at radius 2 is 2.26 bits per heavy atom. The first-order valence-corrected chi connectivity index (χ1v) is 7.18. The summed E-state index contributed by atoms with van der Waals surface area (Å²) in [4.78, 5) is 14.5. The minimum Gasteiger partial charge on any atom is -0.338 e. The highest BCUT2D eigenvalue weighted by Gasteiger charge is 2.28. The van der Waals surface area contributed by atoms with Gasteiger partial charge in [-0.05, 0) is 38.7 Å². The lowest BCUT2D eigenvalue weighted by molar-refractivity contribution is -0.134. The van der Waals surface area contributed by atoms with Gasteiger partial charge in [-0.15, -0.1) is 0 Å². The summed E-state index contributed by atoms with van der Waals surface area (Å²) in [6.45, 7) is 4.92. The Hall–Kier alpha value is -1.35. The molecular weight excluding hydrogens is 236 g/mol. The molecular formula is C16H24N2O. The van der Waals surface area contributed by atoms with Gasteiger partial charge < -0.3 is 10.6 Å². The molecule has 1 fully saturated rings. The normalized spacial score (nSPS) is 21.2. The molecule has 0 bridgehead atoms. The number of piperidine rings is 1. The van der Waals surface area contributed by atoms with Crippen molar-refractivity contribution in [1.29, 1.82) is 0 Å². The molecule has 1 amide bonds. The summed E-state index contributed by atoms with van der Waals surface area (Å²) in [5.74, 6) is 0.215. The Morgan fingerprint density at radius 1 is 1.47 bits per heavy atom. The van der Waals surface area contributed by atoms with Crippen molar-refractivity contribution in [1.82, 2.24) is 4.90 Å². The topological polar surface area (TPSA) is 46.3 Å². The van der Waals surface area contributed by atoms with Gasteiger partial charge in [0.15, 0.2) is 0 Å². The van der Waals surface area contributed by atoms with Gasteiger partial charge in [0.05, 0.1) is 6.42 Å². The van der Waals surface area contributed by atoms with Crippen LogP contribution in [0.15, 0.2) is 24.3 Å². The Balaban J connectivity index is 2.05. The molecule has 104 valence electrons. The van der Waals surface area contributed by atoms with Crippen LogP contribution in [0, 0.1) is 6.92 Å². The molecule has 0 unspecified atom stereocenters. The van der Waals surface area contributed by atoms with Crippen LogP contribution < -0.4 is 5.73 Å². The van der Waals surface area contributed by atoms with E-state index in [1.807, 2.05) is 24.0 Å². The molecule has 1 heterocycles. The largest absolute Gasteiger partial charge is 0.338 e. The van der Waals surface area contributed by atoms with Gasteiger partial charge >= 0.3 is 0 Å². The molecule has 1 aromatic carbocycles. The van der Waals surface area contributed by atoms with E-state index in [4.69, 9.17) is 5.73 Å². The van der Waals surface area contributed by atoms with E-state index in [0.29, 0.717) is 6.42 Å². The monoisotopic (exact) mass is 260 g/mol. The van der Waals surface area contributed by atoms with Gasteiger partial charge in [-0.25, -0.2) is 0 Å². The van der Waals surface area contributed by atoms with Crippen molar-refractivity contribution in [2.45, 2.75) is 51.6 Å². The lowest BCUT2D eigenvalue weighted by atomic mass is 9.96. The molecule has 0 radical (unpaired) electrons. The van der Waals surface area contributed by atoms with Crippen molar-refractivity contribution in [3.05, 3.63) is 35.4 Å². The molecule has 2 rings (SSSR count). The van der Waals surface area contributed by atoms with Crippen LogP contribution in [-0.4, -0.2) is 29.4 Å². The summed E-state index contributed by atoms with van der Waals surface area (Å²) in [5.41, 5.74) is 8.32. The predicted molar refractivity (Wildman–Crippen MR) is 77.9 cm³/mol. The molecule has 3 nitrogen and oxygen atoms in total. The number of carbonyl (C=O) groups is 1. The molecule has 0 aromatic heterocycles. The fourth-order valence-electron chi connectivity index (χ4n) is 2.91. The van der Waals surface area contributed by atoms with Crippen molar-refractivity contribution in [3.63, 3.8) is 0 Å². The summed E-state index contributed by atoms with van der Waals surface area (Å²) in [5, 5.41) is 0. The molecule has 0 aliphatic carbocycles. The van der Waals surface area contributed by atoms with E-state index in [9.17, 15) is 4.79 Å². The maximum absolute atomic E-state index is 12.5. The fraction of sp³-hybridized carbons (Fsp3) is 0.562. The standard InChI is InChI=1S/C16H24N2O/c1-12-6-5-7-14(10-12)11-16(19)18-9-4-3-8-15(18)13(2)17/h5-7,10,13,15H,3-4,8-9,11,17H2,1-2H3/t13-,15+/m0/s1. The summed E-state index contributed by atoms with van der Waals surface area (Å²) >= 11 is 0. The Bertz CT molecular complexity index is 442. The van der Waals surface area contributed by atoms with E-state index in [-0.39, 0.29) is 18.0 Å². The average Bonchev–Trinajstić information content (AvgIpc) is 2.38. The van der Waals surface area contributed by atoms with Gasteiger partial charge in [0.25, 0.3) is 0 Å². The number of amides is 1. The third-order valence-corrected chi connectivity index (χ3v) is 3.91. The van der Waals surface area contributed by atoms with E-state index >= 15 is 0 Å². The van der Waals surface area contributed by atoms with Gasteiger partial charge in [-0.3, -0.25) is 4.79 Å². The van der Waals surface area contributed by atoms with E-state index in [1.54, 1.807) is 0 Å². The van der Waals surface area contributed by atoms with Crippen LogP contribution in [0.3, 0.4) is 0 Å². The molecule has 2 N–H and O–H groups in total. The third kappa shape index (κ3) is 3.57. The number of nitrogens with two attached hydrogens (primary N) is 1. The first-order valence-electron chi connectivity index (χ1n) is 7.18. The van der Waals surface area contributed by atoms with E-state index < -0.39 is 0 Å². The van der Waals surface area contributed by atoms with Crippen molar-refractivity contribution >= 4 is 5.91 Å². The van der Waals surface area contributed by atoms with Crippen molar-refractivity contribution < 1.29 is 4.79 Å². The van der Waals surface area contributed by atoms with Gasteiger partial charge in [0.1, 0.15) is 0 Å². The first kappa shape index (κ1) is 14.1. The highest BCUT2D eigenvalue weighted by Crippen LogP contribution is 2.20. The van der Waals surface area contributed by atoms with Crippen molar-refractivity contribution in [2.24, 2.45) is 5.73 Å². The molecule has 3 heteroatoms. The number of aryl methyl sites for hydroxylation is 1. The molecule has 1 saturated heterocycles. The average molecular weight is 260 g/mol. The summed E-state index contributed by atoms with van der Waals surface area (Å²) < 4.78 is 0. The summed E-state index contributed by atoms with van der Waals surface area (Å²) in [6.07, 6.45) is 3.81. The maximum Gasteiger partial charge on any atom is 0.227 e. The number of rotatable bonds is 3. The summed E-state index contributed by atoms with van der Waals surface area (Å²) in [7, 11) is 0. The highest BCUT2D eigenvalue weighted by atomic mass is 16.2. The SMILES string of the molecule is Cc1cccc(CC(=O)N2CCCC[C@@H]2[C@H](C)N)c1. The fourth-order valence-corrected chi connectivity index (χ4v) is 2.91. The van der Waals surface area contributed by atoms with Crippen LogP contribution in [0.1, 0.15) is 37.3 Å².